The van der Waals surface area contributed by atoms with Gasteiger partial charge in [-0.15, -0.1) is 0 Å². The minimum absolute atomic E-state index is 0.0838. The molecule has 2 aromatic carbocycles. The number of rotatable bonds is 3. The molecule has 5 nitrogen and oxygen atoms in total. The van der Waals surface area contributed by atoms with Crippen LogP contribution in [-0.4, -0.2) is 18.4 Å². The Morgan fingerprint density at radius 1 is 1.27 bits per heavy atom. The van der Waals surface area contributed by atoms with Crippen LogP contribution in [0.25, 0.3) is 0 Å². The van der Waals surface area contributed by atoms with Gasteiger partial charge in [-0.25, -0.2) is 4.79 Å². The van der Waals surface area contributed by atoms with E-state index in [1.165, 1.54) is 5.56 Å². The lowest BCUT2D eigenvalue weighted by molar-refractivity contribution is 0.0343. The molecule has 2 bridgehead atoms. The first-order valence-corrected chi connectivity index (χ1v) is 9.05. The second-order valence-corrected chi connectivity index (χ2v) is 7.19. The van der Waals surface area contributed by atoms with Crippen LogP contribution in [0.4, 0.5) is 10.5 Å². The first-order chi connectivity index (χ1) is 12.4. The third-order valence-corrected chi connectivity index (χ3v) is 5.31. The molecule has 136 valence electrons. The highest BCUT2D eigenvalue weighted by Crippen LogP contribution is 2.49. The maximum Gasteiger partial charge on any atom is 0.325 e. The highest BCUT2D eigenvalue weighted by molar-refractivity contribution is 5.95. The summed E-state index contributed by atoms with van der Waals surface area (Å²) in [7, 11) is 0. The van der Waals surface area contributed by atoms with Crippen molar-refractivity contribution in [2.45, 2.75) is 45.9 Å². The number of carbonyl (C=O) groups excluding carboxylic acids is 1. The van der Waals surface area contributed by atoms with Gasteiger partial charge in [0.25, 0.3) is 0 Å². The predicted molar refractivity (Wildman–Crippen MR) is 101 cm³/mol. The highest BCUT2D eigenvalue weighted by atomic mass is 16.5. The highest BCUT2D eigenvalue weighted by Gasteiger charge is 2.50. The van der Waals surface area contributed by atoms with E-state index in [0.717, 1.165) is 28.3 Å². The molecule has 26 heavy (non-hydrogen) atoms. The molecule has 0 aliphatic carbocycles. The van der Waals surface area contributed by atoms with E-state index in [1.807, 2.05) is 50.2 Å². The van der Waals surface area contributed by atoms with Gasteiger partial charge in [-0.05, 0) is 57.0 Å². The molecule has 0 spiro atoms. The number of aryl methyl sites for hydroxylation is 2. The van der Waals surface area contributed by atoms with E-state index >= 15 is 0 Å². The standard InChI is InChI=1S/C21H24N2O3/c1-5-25-18-8-6-7-16-17-12-21(4,26-19(16)18)23(20(24)22-17)15-10-9-13(2)14(3)11-15/h6-11,17H,5,12H2,1-4H3,(H,22,24)/t17-,21+/m1/s1. The van der Waals surface area contributed by atoms with E-state index < -0.39 is 5.72 Å². The Morgan fingerprint density at radius 3 is 2.81 bits per heavy atom. The van der Waals surface area contributed by atoms with Crippen LogP contribution in [0.2, 0.25) is 0 Å². The van der Waals surface area contributed by atoms with E-state index in [2.05, 4.69) is 19.2 Å². The summed E-state index contributed by atoms with van der Waals surface area (Å²) in [6.45, 7) is 8.60. The zero-order chi connectivity index (χ0) is 18.5. The second kappa shape index (κ2) is 5.94. The van der Waals surface area contributed by atoms with Crippen molar-refractivity contribution in [3.05, 3.63) is 53.1 Å². The molecule has 2 aliphatic heterocycles. The van der Waals surface area contributed by atoms with Crippen LogP contribution in [0.5, 0.6) is 11.5 Å². The molecule has 1 saturated heterocycles. The summed E-state index contributed by atoms with van der Waals surface area (Å²) in [5.41, 5.74) is 3.38. The molecule has 2 amide bonds. The zero-order valence-electron chi connectivity index (χ0n) is 15.6. The van der Waals surface area contributed by atoms with E-state index in [-0.39, 0.29) is 12.1 Å². The molecule has 0 radical (unpaired) electrons. The van der Waals surface area contributed by atoms with Crippen LogP contribution < -0.4 is 19.7 Å². The largest absolute Gasteiger partial charge is 0.490 e. The fraction of sp³-hybridized carbons (Fsp3) is 0.381. The van der Waals surface area contributed by atoms with E-state index in [4.69, 9.17) is 9.47 Å². The Kier molecular flexibility index (Phi) is 3.83. The average Bonchev–Trinajstić information content (AvgIpc) is 2.58. The molecular formula is C21H24N2O3. The number of hydrogen-bond donors (Lipinski definition) is 1. The Labute approximate surface area is 153 Å². The van der Waals surface area contributed by atoms with Crippen LogP contribution in [-0.2, 0) is 0 Å². The molecule has 5 heteroatoms. The van der Waals surface area contributed by atoms with E-state index in [1.54, 1.807) is 4.90 Å². The number of amides is 2. The summed E-state index contributed by atoms with van der Waals surface area (Å²) < 4.78 is 12.2. The van der Waals surface area contributed by atoms with Gasteiger partial charge in [-0.2, -0.15) is 0 Å². The van der Waals surface area contributed by atoms with Crippen molar-refractivity contribution in [3.8, 4) is 11.5 Å². The zero-order valence-corrected chi connectivity index (χ0v) is 15.6. The van der Waals surface area contributed by atoms with Crippen molar-refractivity contribution in [3.63, 3.8) is 0 Å². The predicted octanol–water partition coefficient (Wildman–Crippen LogP) is 4.47. The van der Waals surface area contributed by atoms with Crippen molar-refractivity contribution < 1.29 is 14.3 Å². The normalized spacial score (nSPS) is 23.8. The number of anilines is 1. The monoisotopic (exact) mass is 352 g/mol. The van der Waals surface area contributed by atoms with Crippen LogP contribution in [0.1, 0.15) is 43.0 Å². The quantitative estimate of drug-likeness (QED) is 0.886. The van der Waals surface area contributed by atoms with Gasteiger partial charge in [0.05, 0.1) is 12.6 Å². The minimum atomic E-state index is -0.769. The molecule has 2 aromatic rings. The summed E-state index contributed by atoms with van der Waals surface area (Å²) in [6, 6.07) is 11.7. The summed E-state index contributed by atoms with van der Waals surface area (Å²) in [4.78, 5) is 14.7. The Bertz CT molecular complexity index is 880. The van der Waals surface area contributed by atoms with Gasteiger partial charge in [0, 0.05) is 17.7 Å². The summed E-state index contributed by atoms with van der Waals surface area (Å²) in [5, 5.41) is 3.13. The van der Waals surface area contributed by atoms with Gasteiger partial charge < -0.3 is 14.8 Å². The van der Waals surface area contributed by atoms with Crippen LogP contribution in [0, 0.1) is 13.8 Å². The SMILES string of the molecule is CCOc1cccc2c1O[C@@]1(C)C[C@H]2NC(=O)N1c1ccc(C)c(C)c1. The van der Waals surface area contributed by atoms with Gasteiger partial charge in [0.15, 0.2) is 17.2 Å². The number of fused-ring (bicyclic) bond motifs is 4. The van der Waals surface area contributed by atoms with Gasteiger partial charge in [-0.3, -0.25) is 4.90 Å². The lowest BCUT2D eigenvalue weighted by Gasteiger charge is -2.50. The molecule has 2 atom stereocenters. The van der Waals surface area contributed by atoms with Crippen molar-refractivity contribution in [2.75, 3.05) is 11.5 Å². The Morgan fingerprint density at radius 2 is 2.08 bits per heavy atom. The average molecular weight is 352 g/mol. The van der Waals surface area contributed by atoms with Gasteiger partial charge in [0.2, 0.25) is 0 Å². The summed E-state index contributed by atoms with van der Waals surface area (Å²) in [6.07, 6.45) is 0.675. The fourth-order valence-corrected chi connectivity index (χ4v) is 3.88. The summed E-state index contributed by atoms with van der Waals surface area (Å²) in [5.74, 6) is 1.44. The number of urea groups is 1. The number of hydrogen-bond acceptors (Lipinski definition) is 3. The van der Waals surface area contributed by atoms with Gasteiger partial charge in [0.1, 0.15) is 0 Å². The molecule has 2 aliphatic rings. The first-order valence-electron chi connectivity index (χ1n) is 9.05. The number of nitrogens with zero attached hydrogens (tertiary/aromatic N) is 1. The molecule has 1 N–H and O–H groups in total. The lowest BCUT2D eigenvalue weighted by Crippen LogP contribution is -2.65. The number of benzene rings is 2. The topological polar surface area (TPSA) is 50.8 Å². The molecule has 0 unspecified atom stereocenters. The summed E-state index contributed by atoms with van der Waals surface area (Å²) >= 11 is 0. The number of nitrogens with one attached hydrogen (secondary N) is 1. The van der Waals surface area contributed by atoms with E-state index in [0.29, 0.717) is 13.0 Å². The van der Waals surface area contributed by atoms with Crippen LogP contribution in [0.15, 0.2) is 36.4 Å². The first kappa shape index (κ1) is 16.8. The fourth-order valence-electron chi connectivity index (χ4n) is 3.88. The van der Waals surface area contributed by atoms with Crippen molar-refractivity contribution in [2.24, 2.45) is 0 Å². The smallest absolute Gasteiger partial charge is 0.325 e. The Balaban J connectivity index is 1.80. The maximum absolute atomic E-state index is 12.9. The molecular weight excluding hydrogens is 328 g/mol. The van der Waals surface area contributed by atoms with Gasteiger partial charge in [-0.1, -0.05) is 18.2 Å². The van der Waals surface area contributed by atoms with E-state index in [9.17, 15) is 4.79 Å². The molecule has 0 saturated carbocycles. The maximum atomic E-state index is 12.9. The molecule has 0 aromatic heterocycles. The third-order valence-electron chi connectivity index (χ3n) is 5.31. The third kappa shape index (κ3) is 2.50. The van der Waals surface area contributed by atoms with Gasteiger partial charge >= 0.3 is 6.03 Å². The van der Waals surface area contributed by atoms with Crippen molar-refractivity contribution >= 4 is 11.7 Å². The van der Waals surface area contributed by atoms with Crippen molar-refractivity contribution in [1.29, 1.82) is 0 Å². The molecule has 1 fully saturated rings. The molecule has 4 rings (SSSR count). The minimum Gasteiger partial charge on any atom is -0.490 e. The second-order valence-electron chi connectivity index (χ2n) is 7.19. The number of para-hydroxylation sites is 1. The number of carbonyl (C=O) groups is 1. The van der Waals surface area contributed by atoms with Crippen LogP contribution >= 0.6 is 0 Å². The number of ether oxygens (including phenoxy) is 2. The van der Waals surface area contributed by atoms with Crippen molar-refractivity contribution in [1.82, 2.24) is 5.32 Å². The lowest BCUT2D eigenvalue weighted by atomic mass is 9.89. The van der Waals surface area contributed by atoms with Crippen LogP contribution in [0.3, 0.4) is 0 Å². The Hall–Kier alpha value is -2.69. The molecule has 2 heterocycles.